The lowest BCUT2D eigenvalue weighted by Gasteiger charge is -2.18. The number of carbonyl (C=O) groups is 2. The Morgan fingerprint density at radius 2 is 1.55 bits per heavy atom. The molecule has 0 fully saturated rings. The van der Waals surface area contributed by atoms with Crippen LogP contribution in [0, 0.1) is 41.4 Å². The van der Waals surface area contributed by atoms with Crippen LogP contribution in [0.1, 0.15) is 5.56 Å². The van der Waals surface area contributed by atoms with E-state index in [0.29, 0.717) is 11.3 Å². The quantitative estimate of drug-likeness (QED) is 0.125. The second-order valence-electron chi connectivity index (χ2n) is 5.91. The maximum absolute atomic E-state index is 13.8. The monoisotopic (exact) mass is 461 g/mol. The van der Waals surface area contributed by atoms with Gasteiger partial charge in [0.05, 0.1) is 0 Å². The molecule has 11 heteroatoms. The van der Waals surface area contributed by atoms with Crippen molar-refractivity contribution in [2.75, 3.05) is 12.5 Å². The first-order chi connectivity index (χ1) is 14.7. The average Bonchev–Trinajstić information content (AvgIpc) is 2.77. The highest BCUT2D eigenvalue weighted by atomic mass is 35.5. The Balaban J connectivity index is 2.27. The van der Waals surface area contributed by atoms with Gasteiger partial charge in [-0.1, -0.05) is 18.1 Å². The van der Waals surface area contributed by atoms with Gasteiger partial charge in [0.15, 0.2) is 0 Å². The van der Waals surface area contributed by atoms with Gasteiger partial charge < -0.3 is 14.8 Å². The fraction of sp³-hybridized carbons (Fsp3) is 0.200. The normalized spacial score (nSPS) is 11.4. The van der Waals surface area contributed by atoms with Gasteiger partial charge in [0.25, 0.3) is 0 Å². The minimum atomic E-state index is -2.41. The van der Waals surface area contributed by atoms with Crippen molar-refractivity contribution in [1.82, 2.24) is 5.32 Å². The molecule has 0 spiro atoms. The highest BCUT2D eigenvalue weighted by Crippen LogP contribution is 2.29. The molecule has 2 aromatic rings. The maximum atomic E-state index is 13.8. The fourth-order valence-electron chi connectivity index (χ4n) is 2.35. The van der Waals surface area contributed by atoms with Gasteiger partial charge in [-0.15, -0.1) is 18.0 Å². The molecule has 0 aromatic heterocycles. The molecule has 0 heterocycles. The lowest BCUT2D eigenvalue weighted by molar-refractivity contribution is -0.139. The van der Waals surface area contributed by atoms with E-state index in [1.807, 2.05) is 0 Å². The van der Waals surface area contributed by atoms with E-state index in [1.54, 1.807) is 0 Å². The second-order valence-corrected chi connectivity index (χ2v) is 6.18. The molecular formula is C20H13ClF5NO4. The van der Waals surface area contributed by atoms with Crippen molar-refractivity contribution >= 4 is 23.5 Å². The Morgan fingerprint density at radius 1 is 1.00 bits per heavy atom. The molecule has 164 valence electrons. The molecule has 1 atom stereocenters. The van der Waals surface area contributed by atoms with Crippen molar-refractivity contribution in [3.05, 3.63) is 58.9 Å². The van der Waals surface area contributed by atoms with E-state index in [2.05, 4.69) is 16.0 Å². The largest absolute Gasteiger partial charge is 0.481 e. The zero-order valence-electron chi connectivity index (χ0n) is 15.5. The summed E-state index contributed by atoms with van der Waals surface area (Å²) in [5.74, 6) is -13.6. The minimum Gasteiger partial charge on any atom is -0.481 e. The molecule has 1 N–H and O–H groups in total. The average molecular weight is 462 g/mol. The Labute approximate surface area is 178 Å². The van der Waals surface area contributed by atoms with Gasteiger partial charge in [-0.3, -0.25) is 4.79 Å². The molecule has 1 unspecified atom stereocenters. The van der Waals surface area contributed by atoms with E-state index in [0.717, 1.165) is 0 Å². The summed E-state index contributed by atoms with van der Waals surface area (Å²) < 4.78 is 77.0. The van der Waals surface area contributed by atoms with Crippen LogP contribution in [0.4, 0.5) is 22.0 Å². The van der Waals surface area contributed by atoms with Crippen molar-refractivity contribution in [1.29, 1.82) is 0 Å². The van der Waals surface area contributed by atoms with E-state index < -0.39 is 58.6 Å². The highest BCUT2D eigenvalue weighted by molar-refractivity contribution is 6.27. The summed E-state index contributed by atoms with van der Waals surface area (Å²) >= 11 is 5.38. The Morgan fingerprint density at radius 3 is 2.06 bits per heavy atom. The van der Waals surface area contributed by atoms with Gasteiger partial charge in [-0.05, 0) is 17.7 Å². The van der Waals surface area contributed by atoms with Crippen LogP contribution in [0.25, 0.3) is 0 Å². The maximum Gasteiger partial charge on any atom is 0.334 e. The van der Waals surface area contributed by atoms with Gasteiger partial charge >= 0.3 is 5.97 Å². The van der Waals surface area contributed by atoms with Crippen LogP contribution in [0.5, 0.6) is 11.5 Å². The van der Waals surface area contributed by atoms with Crippen LogP contribution in [-0.4, -0.2) is 30.4 Å². The molecule has 31 heavy (non-hydrogen) atoms. The Hall–Kier alpha value is -3.32. The van der Waals surface area contributed by atoms with Gasteiger partial charge in [-0.2, -0.15) is 8.78 Å². The smallest absolute Gasteiger partial charge is 0.334 e. The molecule has 2 aromatic carbocycles. The molecule has 0 saturated heterocycles. The number of hydrogen-bond donors (Lipinski definition) is 1. The number of hydrogen-bond acceptors (Lipinski definition) is 4. The topological polar surface area (TPSA) is 64.6 Å². The number of carbonyl (C=O) groups excluding carboxylic acids is 2. The molecule has 2 rings (SSSR count). The van der Waals surface area contributed by atoms with Crippen LogP contribution >= 0.6 is 11.6 Å². The Bertz CT molecular complexity index is 995. The van der Waals surface area contributed by atoms with E-state index in [-0.39, 0.29) is 13.0 Å². The fourth-order valence-corrected chi connectivity index (χ4v) is 2.43. The summed E-state index contributed by atoms with van der Waals surface area (Å²) in [6.07, 6.45) is 4.82. The van der Waals surface area contributed by atoms with Crippen molar-refractivity contribution in [3.63, 3.8) is 0 Å². The molecule has 0 bridgehead atoms. The van der Waals surface area contributed by atoms with Crippen LogP contribution < -0.4 is 14.8 Å². The minimum absolute atomic E-state index is 0.0159. The van der Waals surface area contributed by atoms with Crippen LogP contribution in [0.2, 0.25) is 0 Å². The summed E-state index contributed by atoms with van der Waals surface area (Å²) in [4.78, 5) is 24.0. The molecular weight excluding hydrogens is 449 g/mol. The summed E-state index contributed by atoms with van der Waals surface area (Å²) in [7, 11) is 0. The number of amides is 1. The molecule has 0 aliphatic heterocycles. The number of ether oxygens (including phenoxy) is 2. The number of rotatable bonds is 8. The first-order valence-corrected chi connectivity index (χ1v) is 8.96. The van der Waals surface area contributed by atoms with Gasteiger partial charge in [-0.25, -0.2) is 18.0 Å². The van der Waals surface area contributed by atoms with E-state index >= 15 is 0 Å². The number of terminal acetylenes is 1. The van der Waals surface area contributed by atoms with Gasteiger partial charge in [0.1, 0.15) is 24.3 Å². The van der Waals surface area contributed by atoms with Crippen LogP contribution in [0.3, 0.4) is 0 Å². The lowest BCUT2D eigenvalue weighted by Crippen LogP contribution is -2.45. The van der Waals surface area contributed by atoms with Crippen molar-refractivity contribution < 1.29 is 41.0 Å². The summed E-state index contributed by atoms with van der Waals surface area (Å²) in [5.41, 5.74) is 0.433. The number of halogens is 6. The van der Waals surface area contributed by atoms with Crippen LogP contribution in [-0.2, 0) is 16.0 Å². The molecule has 0 aliphatic carbocycles. The third-order valence-electron chi connectivity index (χ3n) is 3.80. The number of benzene rings is 2. The predicted octanol–water partition coefficient (Wildman–Crippen LogP) is 3.27. The van der Waals surface area contributed by atoms with E-state index in [4.69, 9.17) is 22.8 Å². The predicted molar refractivity (Wildman–Crippen MR) is 99.0 cm³/mol. The number of esters is 1. The number of nitrogens with one attached hydrogen (secondary N) is 1. The third-order valence-corrected chi connectivity index (χ3v) is 4.04. The SMILES string of the molecule is C#CCOc1ccc(CC(NC(=O)CCl)C(=O)Oc2c(F)c(F)c(F)c(F)c2F)cc1. The van der Waals surface area contributed by atoms with Crippen LogP contribution in [0.15, 0.2) is 24.3 Å². The molecule has 0 aliphatic rings. The first kappa shape index (κ1) is 24.0. The molecule has 0 saturated carbocycles. The lowest BCUT2D eigenvalue weighted by atomic mass is 10.1. The zero-order chi connectivity index (χ0) is 23.1. The summed E-state index contributed by atoms with van der Waals surface area (Å²) in [5, 5.41) is 2.15. The molecule has 0 radical (unpaired) electrons. The summed E-state index contributed by atoms with van der Waals surface area (Å²) in [6.45, 7) is 0.0159. The summed E-state index contributed by atoms with van der Waals surface area (Å²) in [6, 6.07) is 4.44. The van der Waals surface area contributed by atoms with Crippen molar-refractivity contribution in [2.24, 2.45) is 0 Å². The Kier molecular flexibility index (Phi) is 8.22. The van der Waals surface area contributed by atoms with E-state index in [1.165, 1.54) is 24.3 Å². The molecule has 1 amide bonds. The second kappa shape index (κ2) is 10.6. The van der Waals surface area contributed by atoms with Crippen molar-refractivity contribution in [2.45, 2.75) is 12.5 Å². The van der Waals surface area contributed by atoms with Gasteiger partial charge in [0.2, 0.25) is 40.7 Å². The zero-order valence-corrected chi connectivity index (χ0v) is 16.2. The third kappa shape index (κ3) is 5.86. The molecule has 5 nitrogen and oxygen atoms in total. The first-order valence-electron chi connectivity index (χ1n) is 8.43. The van der Waals surface area contributed by atoms with Crippen molar-refractivity contribution in [3.8, 4) is 23.8 Å². The van der Waals surface area contributed by atoms with E-state index in [9.17, 15) is 31.5 Å². The standard InChI is InChI=1S/C20H13ClF5NO4/c1-2-7-30-11-5-3-10(4-6-11)8-12(27-13(28)9-21)20(29)31-19-17(25)15(23)14(22)16(24)18(19)26/h1,3-6,12H,7-9H2,(H,27,28). The van der Waals surface area contributed by atoms with Gasteiger partial charge in [0, 0.05) is 6.42 Å². The number of alkyl halides is 1. The highest BCUT2D eigenvalue weighted by Gasteiger charge is 2.31.